The lowest BCUT2D eigenvalue weighted by Gasteiger charge is -2.30. The molecule has 2 amide bonds. The average molecular weight is 414 g/mol. The number of amides is 2. The van der Waals surface area contributed by atoms with Crippen molar-refractivity contribution in [3.05, 3.63) is 30.0 Å². The van der Waals surface area contributed by atoms with Crippen LogP contribution in [0, 0.1) is 16.7 Å². The van der Waals surface area contributed by atoms with Crippen LogP contribution in [-0.4, -0.2) is 45.9 Å². The van der Waals surface area contributed by atoms with E-state index >= 15 is 0 Å². The van der Waals surface area contributed by atoms with Crippen molar-refractivity contribution in [1.82, 2.24) is 20.4 Å². The lowest BCUT2D eigenvalue weighted by molar-refractivity contribution is -0.125. The molecule has 2 aromatic rings. The molecule has 0 aliphatic carbocycles. The van der Waals surface area contributed by atoms with Gasteiger partial charge in [-0.15, -0.1) is 0 Å². The van der Waals surface area contributed by atoms with Gasteiger partial charge in [0.15, 0.2) is 5.69 Å². The minimum absolute atomic E-state index is 0.00931. The quantitative estimate of drug-likeness (QED) is 0.517. The number of fused-ring (bicyclic) bond motifs is 1. The molecule has 0 radical (unpaired) electrons. The Morgan fingerprint density at radius 1 is 1.23 bits per heavy atom. The molecule has 0 aliphatic heterocycles. The van der Waals surface area contributed by atoms with Crippen LogP contribution in [0.4, 0.5) is 0 Å². The molecule has 0 saturated heterocycles. The highest BCUT2D eigenvalue weighted by atomic mass is 16.3. The average Bonchev–Trinajstić information content (AvgIpc) is 3.07. The third kappa shape index (κ3) is 6.04. The summed E-state index contributed by atoms with van der Waals surface area (Å²) >= 11 is 0. The smallest absolute Gasteiger partial charge is 0.273 e. The molecule has 1 aromatic heterocycles. The maximum absolute atomic E-state index is 13.1. The molecule has 0 fully saturated rings. The van der Waals surface area contributed by atoms with Crippen molar-refractivity contribution < 1.29 is 14.7 Å². The Labute approximate surface area is 177 Å². The molecule has 30 heavy (non-hydrogen) atoms. The van der Waals surface area contributed by atoms with Gasteiger partial charge in [-0.2, -0.15) is 10.4 Å². The van der Waals surface area contributed by atoms with E-state index in [4.69, 9.17) is 10.4 Å². The van der Waals surface area contributed by atoms with E-state index in [1.54, 1.807) is 4.68 Å². The first-order valence-corrected chi connectivity index (χ1v) is 10.3. The predicted octanol–water partition coefficient (Wildman–Crippen LogP) is 2.37. The van der Waals surface area contributed by atoms with E-state index in [1.807, 2.05) is 45.0 Å². The van der Waals surface area contributed by atoms with Crippen molar-refractivity contribution in [2.24, 2.45) is 5.41 Å². The van der Waals surface area contributed by atoms with Crippen molar-refractivity contribution in [2.75, 3.05) is 13.2 Å². The molecule has 0 aliphatic rings. The number of carbonyl (C=O) groups is 2. The van der Waals surface area contributed by atoms with Gasteiger partial charge in [0, 0.05) is 31.5 Å². The monoisotopic (exact) mass is 413 g/mol. The summed E-state index contributed by atoms with van der Waals surface area (Å²) in [7, 11) is 0. The van der Waals surface area contributed by atoms with Gasteiger partial charge < -0.3 is 15.7 Å². The molecule has 162 valence electrons. The predicted molar refractivity (Wildman–Crippen MR) is 115 cm³/mol. The van der Waals surface area contributed by atoms with E-state index < -0.39 is 17.4 Å². The summed E-state index contributed by atoms with van der Waals surface area (Å²) in [5.74, 6) is -0.691. The number of aryl methyl sites for hydroxylation is 1. The van der Waals surface area contributed by atoms with Gasteiger partial charge in [-0.05, 0) is 30.7 Å². The number of nitrogens with zero attached hydrogens (tertiary/aromatic N) is 3. The molecule has 8 nitrogen and oxygen atoms in total. The van der Waals surface area contributed by atoms with Crippen molar-refractivity contribution in [1.29, 1.82) is 5.26 Å². The van der Waals surface area contributed by atoms with Gasteiger partial charge in [0.25, 0.3) is 5.91 Å². The zero-order chi connectivity index (χ0) is 22.1. The first kappa shape index (κ1) is 23.4. The molecule has 3 N–H and O–H groups in total. The van der Waals surface area contributed by atoms with Crippen molar-refractivity contribution >= 4 is 22.7 Å². The number of aliphatic hydroxyl groups is 1. The lowest BCUT2D eigenvalue weighted by atomic mass is 9.86. The fourth-order valence-corrected chi connectivity index (χ4v) is 3.20. The van der Waals surface area contributed by atoms with Crippen molar-refractivity contribution in [3.8, 4) is 6.07 Å². The minimum Gasteiger partial charge on any atom is -0.396 e. The normalized spacial score (nSPS) is 12.4. The first-order valence-electron chi connectivity index (χ1n) is 10.3. The summed E-state index contributed by atoms with van der Waals surface area (Å²) in [4.78, 5) is 25.7. The number of benzene rings is 1. The van der Waals surface area contributed by atoms with Gasteiger partial charge in [-0.3, -0.25) is 14.3 Å². The van der Waals surface area contributed by atoms with Crippen LogP contribution >= 0.6 is 0 Å². The Kier molecular flexibility index (Phi) is 8.36. The molecule has 0 spiro atoms. The maximum atomic E-state index is 13.1. The van der Waals surface area contributed by atoms with Gasteiger partial charge in [0.2, 0.25) is 5.91 Å². The molecule has 1 atom stereocenters. The number of nitriles is 1. The second-order valence-electron chi connectivity index (χ2n) is 8.34. The highest BCUT2D eigenvalue weighted by molar-refractivity contribution is 6.06. The van der Waals surface area contributed by atoms with Gasteiger partial charge in [-0.25, -0.2) is 0 Å². The molecular formula is C22H31N5O3. The largest absolute Gasteiger partial charge is 0.396 e. The van der Waals surface area contributed by atoms with E-state index in [0.717, 1.165) is 23.7 Å². The van der Waals surface area contributed by atoms with Gasteiger partial charge in [0.1, 0.15) is 6.04 Å². The van der Waals surface area contributed by atoms with E-state index in [9.17, 15) is 9.59 Å². The SMILES string of the molecule is CC(C)(C)[C@H](NC(=O)c1nn(CCCCC#N)c2ccccc12)C(=O)NCCCO. The number of rotatable bonds is 10. The zero-order valence-corrected chi connectivity index (χ0v) is 17.9. The third-order valence-electron chi connectivity index (χ3n) is 4.82. The van der Waals surface area contributed by atoms with Crippen LogP contribution in [0.1, 0.15) is 56.9 Å². The number of unbranched alkanes of at least 4 members (excludes halogenated alkanes) is 2. The number of aromatic nitrogens is 2. The van der Waals surface area contributed by atoms with Crippen LogP contribution in [0.15, 0.2) is 24.3 Å². The number of carbonyl (C=O) groups excluding carboxylic acids is 2. The molecule has 0 saturated carbocycles. The summed E-state index contributed by atoms with van der Waals surface area (Å²) in [5.41, 5.74) is 0.622. The lowest BCUT2D eigenvalue weighted by Crippen LogP contribution is -2.53. The maximum Gasteiger partial charge on any atom is 0.273 e. The van der Waals surface area contributed by atoms with Crippen LogP contribution in [0.2, 0.25) is 0 Å². The van der Waals surface area contributed by atoms with Crippen LogP contribution in [0.5, 0.6) is 0 Å². The standard InChI is InChI=1S/C22H31N5O3/c1-22(2,3)19(21(30)24-13-9-15-28)25-20(29)18-16-10-5-6-11-17(16)27(26-18)14-8-4-7-12-23/h5-6,10-11,19,28H,4,7-9,13-15H2,1-3H3,(H,24,30)(H,25,29)/t19-/m1/s1. The highest BCUT2D eigenvalue weighted by Gasteiger charge is 2.33. The van der Waals surface area contributed by atoms with Crippen LogP contribution in [0.25, 0.3) is 10.9 Å². The van der Waals surface area contributed by atoms with Crippen LogP contribution in [-0.2, 0) is 11.3 Å². The van der Waals surface area contributed by atoms with Crippen molar-refractivity contribution in [3.63, 3.8) is 0 Å². The van der Waals surface area contributed by atoms with E-state index in [-0.39, 0.29) is 18.2 Å². The Morgan fingerprint density at radius 2 is 1.97 bits per heavy atom. The Balaban J connectivity index is 2.23. The number of hydrogen-bond donors (Lipinski definition) is 3. The van der Waals surface area contributed by atoms with E-state index in [1.165, 1.54) is 0 Å². The number of para-hydroxylation sites is 1. The number of hydrogen-bond acceptors (Lipinski definition) is 5. The molecule has 0 unspecified atom stereocenters. The fraction of sp³-hybridized carbons (Fsp3) is 0.545. The van der Waals surface area contributed by atoms with Gasteiger partial charge in [-0.1, -0.05) is 39.0 Å². The molecule has 0 bridgehead atoms. The topological polar surface area (TPSA) is 120 Å². The van der Waals surface area contributed by atoms with Gasteiger partial charge >= 0.3 is 0 Å². The van der Waals surface area contributed by atoms with Crippen LogP contribution in [0.3, 0.4) is 0 Å². The molecule has 1 aromatic carbocycles. The van der Waals surface area contributed by atoms with Gasteiger partial charge in [0.05, 0.1) is 11.6 Å². The van der Waals surface area contributed by atoms with E-state index in [0.29, 0.717) is 25.9 Å². The molecular weight excluding hydrogens is 382 g/mol. The molecule has 8 heteroatoms. The van der Waals surface area contributed by atoms with Crippen molar-refractivity contribution in [2.45, 2.75) is 59.0 Å². The summed E-state index contributed by atoms with van der Waals surface area (Å²) in [6, 6.07) is 8.88. The number of nitrogens with one attached hydrogen (secondary N) is 2. The summed E-state index contributed by atoms with van der Waals surface area (Å²) in [6.45, 7) is 6.60. The second kappa shape index (κ2) is 10.7. The number of aliphatic hydroxyl groups excluding tert-OH is 1. The fourth-order valence-electron chi connectivity index (χ4n) is 3.20. The first-order chi connectivity index (χ1) is 14.3. The molecule has 1 heterocycles. The summed E-state index contributed by atoms with van der Waals surface area (Å²) in [6.07, 6.45) is 2.51. The van der Waals surface area contributed by atoms with Crippen LogP contribution < -0.4 is 10.6 Å². The highest BCUT2D eigenvalue weighted by Crippen LogP contribution is 2.22. The Hall–Kier alpha value is -2.92. The second-order valence-corrected chi connectivity index (χ2v) is 8.34. The minimum atomic E-state index is -0.747. The Bertz CT molecular complexity index is 908. The molecule has 2 rings (SSSR count). The zero-order valence-electron chi connectivity index (χ0n) is 17.9. The Morgan fingerprint density at radius 3 is 2.63 bits per heavy atom. The summed E-state index contributed by atoms with van der Waals surface area (Å²) < 4.78 is 1.79. The summed E-state index contributed by atoms with van der Waals surface area (Å²) in [5, 5.41) is 28.5. The third-order valence-corrected chi connectivity index (χ3v) is 4.82. The van der Waals surface area contributed by atoms with E-state index in [2.05, 4.69) is 21.8 Å².